The molecule has 1 saturated heterocycles. The molecule has 3 nitrogen and oxygen atoms in total. The predicted molar refractivity (Wildman–Crippen MR) is 70.2 cm³/mol. The Balaban J connectivity index is 1.63. The van der Waals surface area contributed by atoms with E-state index in [2.05, 4.69) is 19.1 Å². The Bertz CT molecular complexity index is 349. The molecule has 0 unspecified atom stereocenters. The third kappa shape index (κ3) is 4.07. The first kappa shape index (κ1) is 13.5. The maximum atomic E-state index is 11.4. The van der Waals surface area contributed by atoms with Gasteiger partial charge in [-0.25, -0.2) is 0 Å². The lowest BCUT2D eigenvalue weighted by atomic mass is 10.1. The molecule has 0 N–H and O–H groups in total. The first-order chi connectivity index (χ1) is 8.75. The lowest BCUT2D eigenvalue weighted by Gasteiger charge is -2.08. The van der Waals surface area contributed by atoms with Crippen LogP contribution in [0.15, 0.2) is 23.3 Å². The molecule has 1 heterocycles. The Morgan fingerprint density at radius 2 is 2.22 bits per heavy atom. The molecule has 100 valence electrons. The van der Waals surface area contributed by atoms with E-state index in [-0.39, 0.29) is 6.29 Å². The standard InChI is InChI=1S/C15H22O3/c1-12(8-9-15-17-10-11-18-15)4-2-5-13-6-3-7-14(13)16/h4,6,15H,2-3,5,7-11H2,1H3/b12-4+. The van der Waals surface area contributed by atoms with E-state index in [1.165, 1.54) is 5.57 Å². The summed E-state index contributed by atoms with van der Waals surface area (Å²) < 4.78 is 10.8. The van der Waals surface area contributed by atoms with Crippen LogP contribution in [0.2, 0.25) is 0 Å². The van der Waals surface area contributed by atoms with Gasteiger partial charge in [-0.1, -0.05) is 17.7 Å². The van der Waals surface area contributed by atoms with Crippen molar-refractivity contribution in [3.63, 3.8) is 0 Å². The van der Waals surface area contributed by atoms with Crippen LogP contribution < -0.4 is 0 Å². The number of ether oxygens (including phenoxy) is 2. The second kappa shape index (κ2) is 6.86. The van der Waals surface area contributed by atoms with E-state index in [0.29, 0.717) is 12.2 Å². The predicted octanol–water partition coefficient (Wildman–Crippen LogP) is 3.16. The summed E-state index contributed by atoms with van der Waals surface area (Å²) in [6, 6.07) is 0. The number of Topliss-reactive ketones (excluding diaryl/α,β-unsaturated/α-hetero) is 1. The van der Waals surface area contributed by atoms with E-state index in [1.54, 1.807) is 0 Å². The zero-order valence-corrected chi connectivity index (χ0v) is 11.1. The van der Waals surface area contributed by atoms with Crippen molar-refractivity contribution in [3.8, 4) is 0 Å². The van der Waals surface area contributed by atoms with Crippen LogP contribution in [0, 0.1) is 0 Å². The van der Waals surface area contributed by atoms with Crippen molar-refractivity contribution in [3.05, 3.63) is 23.3 Å². The average molecular weight is 250 g/mol. The Labute approximate surface area is 109 Å². The second-order valence-corrected chi connectivity index (χ2v) is 4.99. The van der Waals surface area contributed by atoms with Crippen molar-refractivity contribution >= 4 is 5.78 Å². The lowest BCUT2D eigenvalue weighted by Crippen LogP contribution is -2.06. The highest BCUT2D eigenvalue weighted by atomic mass is 16.7. The first-order valence-electron chi connectivity index (χ1n) is 6.87. The molecule has 2 aliphatic rings. The van der Waals surface area contributed by atoms with Crippen molar-refractivity contribution in [1.82, 2.24) is 0 Å². The van der Waals surface area contributed by atoms with Crippen molar-refractivity contribution < 1.29 is 14.3 Å². The van der Waals surface area contributed by atoms with Crippen LogP contribution in [-0.2, 0) is 14.3 Å². The summed E-state index contributed by atoms with van der Waals surface area (Å²) in [6.45, 7) is 3.59. The monoisotopic (exact) mass is 250 g/mol. The summed E-state index contributed by atoms with van der Waals surface area (Å²) >= 11 is 0. The minimum absolute atomic E-state index is 0.00697. The lowest BCUT2D eigenvalue weighted by molar-refractivity contribution is -0.115. The van der Waals surface area contributed by atoms with Gasteiger partial charge in [-0.05, 0) is 38.2 Å². The van der Waals surface area contributed by atoms with E-state index in [1.807, 2.05) is 0 Å². The second-order valence-electron chi connectivity index (χ2n) is 4.99. The minimum Gasteiger partial charge on any atom is -0.350 e. The van der Waals surface area contributed by atoms with Crippen molar-refractivity contribution in [2.75, 3.05) is 13.2 Å². The van der Waals surface area contributed by atoms with Crippen LogP contribution in [0.4, 0.5) is 0 Å². The van der Waals surface area contributed by atoms with Crippen molar-refractivity contribution in [2.45, 2.75) is 51.7 Å². The first-order valence-corrected chi connectivity index (χ1v) is 6.87. The van der Waals surface area contributed by atoms with E-state index in [4.69, 9.17) is 9.47 Å². The van der Waals surface area contributed by atoms with Crippen LogP contribution >= 0.6 is 0 Å². The molecule has 18 heavy (non-hydrogen) atoms. The van der Waals surface area contributed by atoms with E-state index in [0.717, 1.165) is 50.9 Å². The van der Waals surface area contributed by atoms with Gasteiger partial charge in [-0.15, -0.1) is 0 Å². The molecular formula is C15H22O3. The molecule has 0 aromatic heterocycles. The van der Waals surface area contributed by atoms with E-state index >= 15 is 0 Å². The van der Waals surface area contributed by atoms with Gasteiger partial charge in [0.2, 0.25) is 0 Å². The number of ketones is 1. The van der Waals surface area contributed by atoms with Gasteiger partial charge < -0.3 is 9.47 Å². The number of hydrogen-bond donors (Lipinski definition) is 0. The van der Waals surface area contributed by atoms with E-state index in [9.17, 15) is 4.79 Å². The molecule has 0 aromatic rings. The number of hydrogen-bond acceptors (Lipinski definition) is 3. The third-order valence-electron chi connectivity index (χ3n) is 3.49. The molecule has 0 saturated carbocycles. The fraction of sp³-hybridized carbons (Fsp3) is 0.667. The van der Waals surface area contributed by atoms with Crippen LogP contribution in [0.25, 0.3) is 0 Å². The Morgan fingerprint density at radius 3 is 2.89 bits per heavy atom. The summed E-state index contributed by atoms with van der Waals surface area (Å²) in [5.41, 5.74) is 2.39. The number of carbonyl (C=O) groups excluding carboxylic acids is 1. The largest absolute Gasteiger partial charge is 0.350 e. The third-order valence-corrected chi connectivity index (χ3v) is 3.49. The molecular weight excluding hydrogens is 228 g/mol. The van der Waals surface area contributed by atoms with Gasteiger partial charge in [0, 0.05) is 12.8 Å². The Hall–Kier alpha value is -0.930. The highest BCUT2D eigenvalue weighted by Gasteiger charge is 2.15. The van der Waals surface area contributed by atoms with Crippen LogP contribution in [0.5, 0.6) is 0 Å². The smallest absolute Gasteiger partial charge is 0.158 e. The van der Waals surface area contributed by atoms with E-state index < -0.39 is 0 Å². The zero-order valence-electron chi connectivity index (χ0n) is 11.1. The maximum absolute atomic E-state index is 11.4. The molecule has 0 bridgehead atoms. The summed E-state index contributed by atoms with van der Waals surface area (Å²) in [5, 5.41) is 0. The molecule has 3 heteroatoms. The SMILES string of the molecule is C/C(=C\CCC1=CCCC1=O)CCC1OCCO1. The highest BCUT2D eigenvalue weighted by Crippen LogP contribution is 2.20. The van der Waals surface area contributed by atoms with Gasteiger partial charge >= 0.3 is 0 Å². The van der Waals surface area contributed by atoms with Gasteiger partial charge in [0.1, 0.15) is 0 Å². The summed E-state index contributed by atoms with van der Waals surface area (Å²) in [6.07, 6.45) is 9.78. The van der Waals surface area contributed by atoms with Gasteiger partial charge in [-0.2, -0.15) is 0 Å². The molecule has 0 spiro atoms. The van der Waals surface area contributed by atoms with Crippen molar-refractivity contribution in [2.24, 2.45) is 0 Å². The minimum atomic E-state index is -0.00697. The molecule has 2 rings (SSSR count). The Kier molecular flexibility index (Phi) is 5.14. The topological polar surface area (TPSA) is 35.5 Å². The highest BCUT2D eigenvalue weighted by molar-refractivity contribution is 5.97. The average Bonchev–Trinajstić information content (AvgIpc) is 2.99. The molecule has 1 aliphatic carbocycles. The van der Waals surface area contributed by atoms with Gasteiger partial charge in [0.05, 0.1) is 13.2 Å². The number of rotatable bonds is 6. The van der Waals surface area contributed by atoms with Crippen LogP contribution in [-0.4, -0.2) is 25.3 Å². The summed E-state index contributed by atoms with van der Waals surface area (Å²) in [4.78, 5) is 11.4. The molecule has 1 aliphatic heterocycles. The normalized spacial score (nSPS) is 21.7. The fourth-order valence-corrected chi connectivity index (χ4v) is 2.39. The zero-order chi connectivity index (χ0) is 12.8. The van der Waals surface area contributed by atoms with Crippen LogP contribution in [0.1, 0.15) is 45.4 Å². The van der Waals surface area contributed by atoms with Crippen molar-refractivity contribution in [1.29, 1.82) is 0 Å². The van der Waals surface area contributed by atoms with Gasteiger partial charge in [-0.3, -0.25) is 4.79 Å². The van der Waals surface area contributed by atoms with Gasteiger partial charge in [0.15, 0.2) is 12.1 Å². The Morgan fingerprint density at radius 1 is 1.44 bits per heavy atom. The molecule has 1 fully saturated rings. The van der Waals surface area contributed by atoms with Gasteiger partial charge in [0.25, 0.3) is 0 Å². The molecule has 0 amide bonds. The summed E-state index contributed by atoms with van der Waals surface area (Å²) in [5.74, 6) is 0.341. The molecule has 0 radical (unpaired) electrons. The van der Waals surface area contributed by atoms with Crippen LogP contribution in [0.3, 0.4) is 0 Å². The fourth-order valence-electron chi connectivity index (χ4n) is 2.39. The molecule has 0 aromatic carbocycles. The number of carbonyl (C=O) groups is 1. The molecule has 0 atom stereocenters. The quantitative estimate of drug-likeness (QED) is 0.679. The number of allylic oxidation sites excluding steroid dienone is 4. The maximum Gasteiger partial charge on any atom is 0.158 e. The summed E-state index contributed by atoms with van der Waals surface area (Å²) in [7, 11) is 0.